The highest BCUT2D eigenvalue weighted by Crippen LogP contribution is 2.49. The van der Waals surface area contributed by atoms with Gasteiger partial charge in [0.2, 0.25) is 5.91 Å². The van der Waals surface area contributed by atoms with E-state index in [1.807, 2.05) is 13.8 Å². The van der Waals surface area contributed by atoms with Crippen molar-refractivity contribution in [2.24, 2.45) is 0 Å². The Balaban J connectivity index is 1.85. The molecule has 2 rings (SSSR count). The van der Waals surface area contributed by atoms with Crippen molar-refractivity contribution in [1.29, 1.82) is 0 Å². The number of amides is 1. The van der Waals surface area contributed by atoms with Gasteiger partial charge in [-0.15, -0.1) is 0 Å². The van der Waals surface area contributed by atoms with E-state index in [2.05, 4.69) is 5.32 Å². The van der Waals surface area contributed by atoms with Crippen molar-refractivity contribution < 1.29 is 13.9 Å². The maximum absolute atomic E-state index is 13.8. The average molecular weight is 279 g/mol. The molecule has 1 aromatic carbocycles. The van der Waals surface area contributed by atoms with Crippen molar-refractivity contribution in [3.8, 4) is 0 Å². The molecule has 1 N–H and O–H groups in total. The minimum absolute atomic E-state index is 0.0628. The monoisotopic (exact) mass is 279 g/mol. The van der Waals surface area contributed by atoms with Crippen LogP contribution in [0.25, 0.3) is 0 Å². The van der Waals surface area contributed by atoms with Crippen LogP contribution in [0.1, 0.15) is 38.7 Å². The summed E-state index contributed by atoms with van der Waals surface area (Å²) in [6, 6.07) is 6.56. The Kier molecular flexibility index (Phi) is 4.76. The molecule has 0 bridgehead atoms. The van der Waals surface area contributed by atoms with E-state index in [0.717, 1.165) is 19.3 Å². The van der Waals surface area contributed by atoms with Gasteiger partial charge in [-0.3, -0.25) is 4.79 Å². The Bertz CT molecular complexity index is 469. The summed E-state index contributed by atoms with van der Waals surface area (Å²) in [7, 11) is 0. The van der Waals surface area contributed by atoms with E-state index in [4.69, 9.17) is 4.74 Å². The molecule has 1 amide bonds. The lowest BCUT2D eigenvalue weighted by molar-refractivity contribution is -0.123. The fourth-order valence-corrected chi connectivity index (χ4v) is 2.36. The number of ether oxygens (including phenoxy) is 1. The Morgan fingerprint density at radius 2 is 2.10 bits per heavy atom. The topological polar surface area (TPSA) is 38.3 Å². The lowest BCUT2D eigenvalue weighted by Gasteiger charge is -2.16. The van der Waals surface area contributed by atoms with Gasteiger partial charge in [-0.05, 0) is 39.2 Å². The van der Waals surface area contributed by atoms with Gasteiger partial charge in [-0.25, -0.2) is 4.39 Å². The molecule has 0 spiro atoms. The first-order chi connectivity index (χ1) is 9.56. The van der Waals surface area contributed by atoms with E-state index < -0.39 is 5.41 Å². The molecule has 3 nitrogen and oxygen atoms in total. The lowest BCUT2D eigenvalue weighted by atomic mass is 9.94. The highest BCUT2D eigenvalue weighted by atomic mass is 19.1. The first-order valence-corrected chi connectivity index (χ1v) is 7.21. The van der Waals surface area contributed by atoms with Gasteiger partial charge in [0.1, 0.15) is 5.82 Å². The fraction of sp³-hybridized carbons (Fsp3) is 0.562. The van der Waals surface area contributed by atoms with Crippen molar-refractivity contribution in [1.82, 2.24) is 5.32 Å². The van der Waals surface area contributed by atoms with Crippen LogP contribution in [0.2, 0.25) is 0 Å². The maximum Gasteiger partial charge on any atom is 0.230 e. The van der Waals surface area contributed by atoms with Gasteiger partial charge in [0.15, 0.2) is 0 Å². The zero-order valence-electron chi connectivity index (χ0n) is 12.1. The molecular formula is C16H22FNO2. The second-order valence-electron chi connectivity index (χ2n) is 5.59. The second-order valence-corrected chi connectivity index (χ2v) is 5.59. The molecule has 4 heteroatoms. The summed E-state index contributed by atoms with van der Waals surface area (Å²) in [5.74, 6) is -0.351. The number of halogens is 1. The number of hydrogen-bond donors (Lipinski definition) is 1. The largest absolute Gasteiger partial charge is 0.379 e. The molecule has 0 atom stereocenters. The van der Waals surface area contributed by atoms with Gasteiger partial charge in [0.05, 0.1) is 11.5 Å². The third-order valence-electron chi connectivity index (χ3n) is 3.63. The number of hydrogen-bond acceptors (Lipinski definition) is 2. The molecule has 0 aliphatic heterocycles. The zero-order chi connectivity index (χ0) is 14.6. The molecule has 110 valence electrons. The molecule has 20 heavy (non-hydrogen) atoms. The van der Waals surface area contributed by atoms with E-state index in [0.29, 0.717) is 18.7 Å². The molecule has 0 unspecified atom stereocenters. The molecule has 1 aliphatic carbocycles. The average Bonchev–Trinajstić information content (AvgIpc) is 3.20. The molecule has 1 saturated carbocycles. The third-order valence-corrected chi connectivity index (χ3v) is 3.63. The molecule has 0 saturated heterocycles. The SMILES string of the molecule is CC(C)OCCCNC(=O)C1(c2ccccc2F)CC1. The second kappa shape index (κ2) is 6.35. The van der Waals surface area contributed by atoms with E-state index in [-0.39, 0.29) is 17.8 Å². The number of nitrogens with one attached hydrogen (secondary N) is 1. The van der Waals surface area contributed by atoms with Crippen LogP contribution < -0.4 is 5.32 Å². The van der Waals surface area contributed by atoms with Crippen LogP contribution in [0.15, 0.2) is 24.3 Å². The summed E-state index contributed by atoms with van der Waals surface area (Å²) >= 11 is 0. The van der Waals surface area contributed by atoms with E-state index in [1.165, 1.54) is 6.07 Å². The van der Waals surface area contributed by atoms with Crippen molar-refractivity contribution in [2.45, 2.75) is 44.6 Å². The molecule has 1 aliphatic rings. The Labute approximate surface area is 119 Å². The van der Waals surface area contributed by atoms with Crippen molar-refractivity contribution >= 4 is 5.91 Å². The summed E-state index contributed by atoms with van der Waals surface area (Å²) < 4.78 is 19.2. The van der Waals surface area contributed by atoms with E-state index in [1.54, 1.807) is 18.2 Å². The Hall–Kier alpha value is -1.42. The molecule has 0 radical (unpaired) electrons. The van der Waals surface area contributed by atoms with Crippen LogP contribution in [-0.4, -0.2) is 25.2 Å². The maximum atomic E-state index is 13.8. The third kappa shape index (κ3) is 3.37. The van der Waals surface area contributed by atoms with Crippen LogP contribution in [0, 0.1) is 5.82 Å². The highest BCUT2D eigenvalue weighted by Gasteiger charge is 2.52. The minimum atomic E-state index is -0.635. The van der Waals surface area contributed by atoms with Gasteiger partial charge in [0.25, 0.3) is 0 Å². The van der Waals surface area contributed by atoms with Gasteiger partial charge < -0.3 is 10.1 Å². The Morgan fingerprint density at radius 1 is 1.40 bits per heavy atom. The van der Waals surface area contributed by atoms with Crippen molar-refractivity contribution in [3.63, 3.8) is 0 Å². The van der Waals surface area contributed by atoms with Crippen LogP contribution in [-0.2, 0) is 14.9 Å². The first kappa shape index (κ1) is 15.0. The predicted molar refractivity (Wildman–Crippen MR) is 76.0 cm³/mol. The van der Waals surface area contributed by atoms with E-state index in [9.17, 15) is 9.18 Å². The normalized spacial score (nSPS) is 16.2. The molecule has 0 aromatic heterocycles. The minimum Gasteiger partial charge on any atom is -0.379 e. The summed E-state index contributed by atoms with van der Waals surface area (Å²) in [6.45, 7) is 5.16. The quantitative estimate of drug-likeness (QED) is 0.779. The number of carbonyl (C=O) groups is 1. The highest BCUT2D eigenvalue weighted by molar-refractivity contribution is 5.91. The summed E-state index contributed by atoms with van der Waals surface area (Å²) in [5.41, 5.74) is -0.111. The van der Waals surface area contributed by atoms with Crippen molar-refractivity contribution in [3.05, 3.63) is 35.6 Å². The standard InChI is InChI=1S/C16H22FNO2/c1-12(2)20-11-5-10-18-15(19)16(8-9-16)13-6-3-4-7-14(13)17/h3-4,6-7,12H,5,8-11H2,1-2H3,(H,18,19). The Morgan fingerprint density at radius 3 is 2.70 bits per heavy atom. The molecule has 0 heterocycles. The summed E-state index contributed by atoms with van der Waals surface area (Å²) in [4.78, 5) is 12.3. The van der Waals surface area contributed by atoms with E-state index >= 15 is 0 Å². The number of carbonyl (C=O) groups excluding carboxylic acids is 1. The molecule has 1 fully saturated rings. The summed E-state index contributed by atoms with van der Waals surface area (Å²) in [5, 5.41) is 2.90. The number of benzene rings is 1. The smallest absolute Gasteiger partial charge is 0.230 e. The first-order valence-electron chi connectivity index (χ1n) is 7.21. The summed E-state index contributed by atoms with van der Waals surface area (Å²) in [6.07, 6.45) is 2.43. The predicted octanol–water partition coefficient (Wildman–Crippen LogP) is 2.79. The molecular weight excluding hydrogens is 257 g/mol. The van der Waals surface area contributed by atoms with Gasteiger partial charge in [-0.1, -0.05) is 18.2 Å². The molecule has 1 aromatic rings. The lowest BCUT2D eigenvalue weighted by Crippen LogP contribution is -2.36. The van der Waals surface area contributed by atoms with Gasteiger partial charge in [0, 0.05) is 18.7 Å². The van der Waals surface area contributed by atoms with Gasteiger partial charge >= 0.3 is 0 Å². The fourth-order valence-electron chi connectivity index (χ4n) is 2.36. The van der Waals surface area contributed by atoms with Crippen molar-refractivity contribution in [2.75, 3.05) is 13.2 Å². The van der Waals surface area contributed by atoms with Crippen LogP contribution in [0.4, 0.5) is 4.39 Å². The van der Waals surface area contributed by atoms with Crippen LogP contribution in [0.5, 0.6) is 0 Å². The zero-order valence-corrected chi connectivity index (χ0v) is 12.1. The van der Waals surface area contributed by atoms with Crippen LogP contribution in [0.3, 0.4) is 0 Å². The number of rotatable bonds is 7. The van der Waals surface area contributed by atoms with Gasteiger partial charge in [-0.2, -0.15) is 0 Å². The van der Waals surface area contributed by atoms with Crippen LogP contribution >= 0.6 is 0 Å².